The molecule has 1 amide bonds. The van der Waals surface area contributed by atoms with Crippen LogP contribution in [-0.2, 0) is 4.79 Å². The van der Waals surface area contributed by atoms with Crippen LogP contribution in [-0.4, -0.2) is 11.0 Å². The number of nitrogens with one attached hydrogen (secondary N) is 1. The second kappa shape index (κ2) is 6.60. The highest BCUT2D eigenvalue weighted by Gasteiger charge is 2.09. The fourth-order valence-corrected chi connectivity index (χ4v) is 1.79. The number of carbonyl (C=O) groups excluding carboxylic acids is 1. The largest absolute Gasteiger partial charge is 0.508 e. The maximum atomic E-state index is 12.0. The molecule has 0 spiro atoms. The number of halogens is 1. The minimum atomic E-state index is -0.525. The van der Waals surface area contributed by atoms with E-state index in [0.29, 0.717) is 16.3 Å². The number of amides is 1. The van der Waals surface area contributed by atoms with Crippen LogP contribution in [0.5, 0.6) is 5.75 Å². The quantitative estimate of drug-likeness (QED) is 0.672. The van der Waals surface area contributed by atoms with E-state index in [1.807, 2.05) is 6.07 Å². The van der Waals surface area contributed by atoms with Crippen LogP contribution in [0.25, 0.3) is 6.08 Å². The Bertz CT molecular complexity index is 731. The number of hydrogen-bond acceptors (Lipinski definition) is 3. The molecule has 21 heavy (non-hydrogen) atoms. The predicted molar refractivity (Wildman–Crippen MR) is 81.8 cm³/mol. The number of phenols is 1. The first-order valence-corrected chi connectivity index (χ1v) is 6.44. The zero-order chi connectivity index (χ0) is 15.2. The summed E-state index contributed by atoms with van der Waals surface area (Å²) in [6, 6.07) is 14.7. The van der Waals surface area contributed by atoms with Gasteiger partial charge in [-0.2, -0.15) is 5.26 Å². The highest BCUT2D eigenvalue weighted by atomic mass is 35.5. The monoisotopic (exact) mass is 298 g/mol. The van der Waals surface area contributed by atoms with E-state index < -0.39 is 5.91 Å². The summed E-state index contributed by atoms with van der Waals surface area (Å²) in [6.45, 7) is 0. The standard InChI is InChI=1S/C16H11ClN2O2/c17-13-4-6-14(7-5-13)19-16(21)12(10-18)8-11-2-1-3-15(20)9-11/h1-9,20H,(H,19,21)/b12-8-. The van der Waals surface area contributed by atoms with Gasteiger partial charge in [-0.1, -0.05) is 23.7 Å². The molecule has 0 aliphatic carbocycles. The molecule has 0 radical (unpaired) electrons. The highest BCUT2D eigenvalue weighted by molar-refractivity contribution is 6.30. The van der Waals surface area contributed by atoms with E-state index in [0.717, 1.165) is 0 Å². The minimum Gasteiger partial charge on any atom is -0.508 e. The number of carbonyl (C=O) groups is 1. The van der Waals surface area contributed by atoms with Crippen molar-refractivity contribution in [2.45, 2.75) is 0 Å². The van der Waals surface area contributed by atoms with Gasteiger partial charge in [0.2, 0.25) is 0 Å². The molecule has 2 aromatic rings. The Morgan fingerprint density at radius 1 is 1.24 bits per heavy atom. The lowest BCUT2D eigenvalue weighted by Crippen LogP contribution is -2.13. The lowest BCUT2D eigenvalue weighted by Gasteiger charge is -2.04. The van der Waals surface area contributed by atoms with Crippen molar-refractivity contribution in [2.24, 2.45) is 0 Å². The molecule has 0 saturated carbocycles. The van der Waals surface area contributed by atoms with Crippen molar-refractivity contribution in [3.63, 3.8) is 0 Å². The van der Waals surface area contributed by atoms with Crippen LogP contribution < -0.4 is 5.32 Å². The van der Waals surface area contributed by atoms with Crippen LogP contribution in [0.3, 0.4) is 0 Å². The van der Waals surface area contributed by atoms with Gasteiger partial charge in [-0.05, 0) is 48.0 Å². The number of hydrogen-bond donors (Lipinski definition) is 2. The van der Waals surface area contributed by atoms with Crippen molar-refractivity contribution in [1.29, 1.82) is 5.26 Å². The molecule has 0 unspecified atom stereocenters. The van der Waals surface area contributed by atoms with E-state index in [-0.39, 0.29) is 11.3 Å². The normalized spacial score (nSPS) is 10.8. The number of aromatic hydroxyl groups is 1. The summed E-state index contributed by atoms with van der Waals surface area (Å²) >= 11 is 5.76. The van der Waals surface area contributed by atoms with Crippen LogP contribution in [0.4, 0.5) is 5.69 Å². The van der Waals surface area contributed by atoms with Gasteiger partial charge in [0.05, 0.1) is 0 Å². The van der Waals surface area contributed by atoms with Gasteiger partial charge >= 0.3 is 0 Å². The second-order valence-corrected chi connectivity index (χ2v) is 4.66. The Balaban J connectivity index is 2.19. The van der Waals surface area contributed by atoms with E-state index in [1.165, 1.54) is 18.2 Å². The Morgan fingerprint density at radius 2 is 1.95 bits per heavy atom. The number of anilines is 1. The lowest BCUT2D eigenvalue weighted by molar-refractivity contribution is -0.112. The fraction of sp³-hybridized carbons (Fsp3) is 0. The zero-order valence-corrected chi connectivity index (χ0v) is 11.6. The Labute approximate surface area is 126 Å². The first-order valence-electron chi connectivity index (χ1n) is 6.06. The van der Waals surface area contributed by atoms with Crippen molar-refractivity contribution in [3.8, 4) is 11.8 Å². The van der Waals surface area contributed by atoms with E-state index in [9.17, 15) is 9.90 Å². The molecule has 0 saturated heterocycles. The number of nitrogens with zero attached hydrogens (tertiary/aromatic N) is 1. The van der Waals surface area contributed by atoms with Gasteiger partial charge in [-0.25, -0.2) is 0 Å². The molecule has 0 aliphatic rings. The summed E-state index contributed by atoms with van der Waals surface area (Å²) in [7, 11) is 0. The highest BCUT2D eigenvalue weighted by Crippen LogP contribution is 2.16. The Hall–Kier alpha value is -2.77. The summed E-state index contributed by atoms with van der Waals surface area (Å²) in [6.07, 6.45) is 1.41. The molecule has 2 rings (SSSR count). The number of phenolic OH excluding ortho intramolecular Hbond substituents is 1. The molecule has 104 valence electrons. The van der Waals surface area contributed by atoms with E-state index in [1.54, 1.807) is 36.4 Å². The molecule has 5 heteroatoms. The smallest absolute Gasteiger partial charge is 0.266 e. The molecule has 0 bridgehead atoms. The number of rotatable bonds is 3. The molecule has 0 fully saturated rings. The third-order valence-corrected chi connectivity index (χ3v) is 2.90. The maximum absolute atomic E-state index is 12.0. The van der Waals surface area contributed by atoms with Crippen molar-refractivity contribution in [3.05, 3.63) is 64.7 Å². The topological polar surface area (TPSA) is 73.1 Å². The summed E-state index contributed by atoms with van der Waals surface area (Å²) in [5.41, 5.74) is 1.05. The zero-order valence-electron chi connectivity index (χ0n) is 10.9. The SMILES string of the molecule is N#C/C(=C/c1cccc(O)c1)C(=O)Nc1ccc(Cl)cc1. The van der Waals surface area contributed by atoms with Gasteiger partial charge in [-0.3, -0.25) is 4.79 Å². The summed E-state index contributed by atoms with van der Waals surface area (Å²) < 4.78 is 0. The average Bonchev–Trinajstić information content (AvgIpc) is 2.47. The average molecular weight is 299 g/mol. The van der Waals surface area contributed by atoms with E-state index in [4.69, 9.17) is 16.9 Å². The molecule has 4 nitrogen and oxygen atoms in total. The summed E-state index contributed by atoms with van der Waals surface area (Å²) in [4.78, 5) is 12.0. The second-order valence-electron chi connectivity index (χ2n) is 4.23. The third kappa shape index (κ3) is 4.10. The predicted octanol–water partition coefficient (Wildman–Crippen LogP) is 3.59. The third-order valence-electron chi connectivity index (χ3n) is 2.65. The minimum absolute atomic E-state index is 0.0597. The van der Waals surface area contributed by atoms with Gasteiger partial charge < -0.3 is 10.4 Å². The van der Waals surface area contributed by atoms with Crippen LogP contribution in [0.1, 0.15) is 5.56 Å². The van der Waals surface area contributed by atoms with Crippen molar-refractivity contribution in [2.75, 3.05) is 5.32 Å². The molecule has 0 atom stereocenters. The molecule has 0 heterocycles. The Morgan fingerprint density at radius 3 is 2.57 bits per heavy atom. The fourth-order valence-electron chi connectivity index (χ4n) is 1.66. The molecular formula is C16H11ClN2O2. The summed E-state index contributed by atoms with van der Waals surface area (Å²) in [5, 5.41) is 21.6. The van der Waals surface area contributed by atoms with Crippen LogP contribution in [0.15, 0.2) is 54.1 Å². The van der Waals surface area contributed by atoms with E-state index >= 15 is 0 Å². The Kier molecular flexibility index (Phi) is 4.60. The number of benzene rings is 2. The van der Waals surface area contributed by atoms with Gasteiger partial charge in [0, 0.05) is 10.7 Å². The maximum Gasteiger partial charge on any atom is 0.266 e. The van der Waals surface area contributed by atoms with Gasteiger partial charge in [-0.15, -0.1) is 0 Å². The molecule has 0 aliphatic heterocycles. The first kappa shape index (κ1) is 14.6. The lowest BCUT2D eigenvalue weighted by atomic mass is 10.1. The van der Waals surface area contributed by atoms with E-state index in [2.05, 4.69) is 5.32 Å². The van der Waals surface area contributed by atoms with Crippen LogP contribution in [0.2, 0.25) is 5.02 Å². The first-order chi connectivity index (χ1) is 10.1. The van der Waals surface area contributed by atoms with Gasteiger partial charge in [0.15, 0.2) is 0 Å². The van der Waals surface area contributed by atoms with Crippen molar-refractivity contribution >= 4 is 29.3 Å². The number of nitriles is 1. The molecule has 0 aromatic heterocycles. The molecular weight excluding hydrogens is 288 g/mol. The van der Waals surface area contributed by atoms with Gasteiger partial charge in [0.25, 0.3) is 5.91 Å². The van der Waals surface area contributed by atoms with Crippen molar-refractivity contribution in [1.82, 2.24) is 0 Å². The summed E-state index contributed by atoms with van der Waals surface area (Å²) in [5.74, 6) is -0.456. The molecule has 2 N–H and O–H groups in total. The van der Waals surface area contributed by atoms with Gasteiger partial charge in [0.1, 0.15) is 17.4 Å². The van der Waals surface area contributed by atoms with Crippen LogP contribution >= 0.6 is 11.6 Å². The van der Waals surface area contributed by atoms with Crippen LogP contribution in [0, 0.1) is 11.3 Å². The van der Waals surface area contributed by atoms with Crippen molar-refractivity contribution < 1.29 is 9.90 Å². The molecule has 2 aromatic carbocycles.